The maximum Gasteiger partial charge on any atom is 0.334 e. The molecule has 9 nitrogen and oxygen atoms in total. The van der Waals surface area contributed by atoms with Crippen LogP contribution in [0.4, 0.5) is 0 Å². The Labute approximate surface area is 125 Å². The highest BCUT2D eigenvalue weighted by Gasteiger charge is 2.24. The topological polar surface area (TPSA) is 156 Å². The number of benzene rings is 1. The third-order valence-corrected chi connectivity index (χ3v) is 2.69. The van der Waals surface area contributed by atoms with E-state index in [1.165, 1.54) is 24.3 Å². The quantitative estimate of drug-likeness (QED) is 0.343. The van der Waals surface area contributed by atoms with E-state index in [0.717, 1.165) is 0 Å². The number of aliphatic hydroxyl groups excluding tert-OH is 2. The second-order valence-electron chi connectivity index (χ2n) is 4.35. The van der Waals surface area contributed by atoms with Gasteiger partial charge in [0.2, 0.25) is 11.8 Å². The lowest BCUT2D eigenvalue weighted by Gasteiger charge is -2.19. The standard InChI is InChI=1S/C13H16N2O7/c16-6-10(19)15-11(7-1-3-8(17)4-2-7)12(20)14-5-9(18)13(21)22/h1-4,9,11,16-18H,5-6H2,(H,14,20)(H,15,19)(H,21,22)/t9-,11+/m0/s1. The monoisotopic (exact) mass is 312 g/mol. The van der Waals surface area contributed by atoms with Crippen molar-refractivity contribution in [1.82, 2.24) is 10.6 Å². The highest BCUT2D eigenvalue weighted by Crippen LogP contribution is 2.17. The summed E-state index contributed by atoms with van der Waals surface area (Å²) >= 11 is 0. The number of carboxylic acid groups (broad SMARTS) is 1. The number of phenols is 1. The second kappa shape index (κ2) is 7.96. The Hall–Kier alpha value is -2.65. The molecule has 0 aliphatic rings. The predicted molar refractivity (Wildman–Crippen MR) is 72.7 cm³/mol. The van der Waals surface area contributed by atoms with E-state index in [-0.39, 0.29) is 5.75 Å². The summed E-state index contributed by atoms with van der Waals surface area (Å²) in [5.74, 6) is -3.13. The van der Waals surface area contributed by atoms with Crippen LogP contribution in [-0.4, -0.2) is 57.5 Å². The van der Waals surface area contributed by atoms with Gasteiger partial charge in [-0.25, -0.2) is 4.79 Å². The molecule has 0 fully saturated rings. The number of carbonyl (C=O) groups is 3. The number of amides is 2. The van der Waals surface area contributed by atoms with E-state index < -0.39 is 43.1 Å². The maximum atomic E-state index is 12.0. The van der Waals surface area contributed by atoms with E-state index in [1.54, 1.807) is 0 Å². The van der Waals surface area contributed by atoms with Gasteiger partial charge in [-0.15, -0.1) is 0 Å². The summed E-state index contributed by atoms with van der Waals surface area (Å²) in [6.45, 7) is -1.38. The number of carbonyl (C=O) groups excluding carboxylic acids is 2. The third-order valence-electron chi connectivity index (χ3n) is 2.69. The second-order valence-corrected chi connectivity index (χ2v) is 4.35. The molecular weight excluding hydrogens is 296 g/mol. The zero-order chi connectivity index (χ0) is 16.7. The first kappa shape index (κ1) is 17.4. The molecule has 120 valence electrons. The molecule has 0 radical (unpaired) electrons. The summed E-state index contributed by atoms with van der Waals surface area (Å²) in [6.07, 6.45) is -1.78. The molecule has 1 aromatic carbocycles. The number of aliphatic carboxylic acids is 1. The van der Waals surface area contributed by atoms with Gasteiger partial charge in [0.05, 0.1) is 6.54 Å². The average Bonchev–Trinajstić information content (AvgIpc) is 2.50. The van der Waals surface area contributed by atoms with Crippen molar-refractivity contribution in [3.63, 3.8) is 0 Å². The summed E-state index contributed by atoms with van der Waals surface area (Å²) in [5.41, 5.74) is 0.307. The van der Waals surface area contributed by atoms with Crippen molar-refractivity contribution in [3.05, 3.63) is 29.8 Å². The number of phenolic OH excluding ortho intramolecular Hbond substituents is 1. The molecule has 2 amide bonds. The number of nitrogens with one attached hydrogen (secondary N) is 2. The van der Waals surface area contributed by atoms with Crippen molar-refractivity contribution in [3.8, 4) is 5.75 Å². The van der Waals surface area contributed by atoms with Crippen LogP contribution in [0.25, 0.3) is 0 Å². The van der Waals surface area contributed by atoms with Crippen LogP contribution in [0.1, 0.15) is 11.6 Å². The van der Waals surface area contributed by atoms with Gasteiger partial charge in [-0.05, 0) is 17.7 Å². The zero-order valence-corrected chi connectivity index (χ0v) is 11.4. The Morgan fingerprint density at radius 2 is 1.73 bits per heavy atom. The van der Waals surface area contributed by atoms with Gasteiger partial charge in [0.1, 0.15) is 18.4 Å². The van der Waals surface area contributed by atoms with E-state index >= 15 is 0 Å². The fraction of sp³-hybridized carbons (Fsp3) is 0.308. The molecular formula is C13H16N2O7. The van der Waals surface area contributed by atoms with Crippen LogP contribution in [0.15, 0.2) is 24.3 Å². The molecule has 22 heavy (non-hydrogen) atoms. The largest absolute Gasteiger partial charge is 0.508 e. The van der Waals surface area contributed by atoms with Crippen LogP contribution in [0.2, 0.25) is 0 Å². The highest BCUT2D eigenvalue weighted by atomic mass is 16.4. The van der Waals surface area contributed by atoms with Gasteiger partial charge in [-0.3, -0.25) is 9.59 Å². The van der Waals surface area contributed by atoms with Crippen molar-refractivity contribution in [2.45, 2.75) is 12.1 Å². The Kier molecular flexibility index (Phi) is 6.29. The molecule has 0 aromatic heterocycles. The minimum absolute atomic E-state index is 0.0438. The van der Waals surface area contributed by atoms with Gasteiger partial charge in [0.15, 0.2) is 6.10 Å². The lowest BCUT2D eigenvalue weighted by Crippen LogP contribution is -2.44. The Morgan fingerprint density at radius 3 is 2.23 bits per heavy atom. The van der Waals surface area contributed by atoms with Gasteiger partial charge in [-0.2, -0.15) is 0 Å². The Morgan fingerprint density at radius 1 is 1.14 bits per heavy atom. The summed E-state index contributed by atoms with van der Waals surface area (Å²) in [6, 6.07) is 4.15. The third kappa shape index (κ3) is 5.04. The molecule has 0 aliphatic heterocycles. The SMILES string of the molecule is O=C(CO)N[C@@H](C(=O)NC[C@H](O)C(=O)O)c1ccc(O)cc1. The molecule has 0 heterocycles. The number of rotatable bonds is 7. The van der Waals surface area contributed by atoms with Crippen molar-refractivity contribution >= 4 is 17.8 Å². The number of aromatic hydroxyl groups is 1. The number of aliphatic hydroxyl groups is 2. The summed E-state index contributed by atoms with van der Waals surface area (Å²) < 4.78 is 0. The molecule has 0 unspecified atom stereocenters. The molecule has 2 atom stereocenters. The van der Waals surface area contributed by atoms with Crippen molar-refractivity contribution in [2.75, 3.05) is 13.2 Å². The van der Waals surface area contributed by atoms with Crippen LogP contribution in [0, 0.1) is 0 Å². The summed E-state index contributed by atoms with van der Waals surface area (Å²) in [5, 5.41) is 40.0. The first-order valence-corrected chi connectivity index (χ1v) is 6.23. The molecule has 9 heteroatoms. The smallest absolute Gasteiger partial charge is 0.334 e. The van der Waals surface area contributed by atoms with Gasteiger partial charge in [0, 0.05) is 0 Å². The minimum Gasteiger partial charge on any atom is -0.508 e. The fourth-order valence-corrected chi connectivity index (χ4v) is 1.56. The maximum absolute atomic E-state index is 12.0. The molecule has 1 rings (SSSR count). The first-order chi connectivity index (χ1) is 10.3. The molecule has 0 aliphatic carbocycles. The normalized spacial score (nSPS) is 13.0. The van der Waals surface area contributed by atoms with Crippen molar-refractivity contribution in [1.29, 1.82) is 0 Å². The molecule has 0 saturated heterocycles. The van der Waals surface area contributed by atoms with Gasteiger partial charge in [-0.1, -0.05) is 12.1 Å². The lowest BCUT2D eigenvalue weighted by molar-refractivity contribution is -0.146. The van der Waals surface area contributed by atoms with Crippen molar-refractivity contribution in [2.24, 2.45) is 0 Å². The van der Waals surface area contributed by atoms with Crippen LogP contribution in [0.3, 0.4) is 0 Å². The Bertz CT molecular complexity index is 544. The van der Waals surface area contributed by atoms with Crippen LogP contribution >= 0.6 is 0 Å². The van der Waals surface area contributed by atoms with Gasteiger partial charge >= 0.3 is 5.97 Å². The lowest BCUT2D eigenvalue weighted by atomic mass is 10.1. The van der Waals surface area contributed by atoms with E-state index in [1.807, 2.05) is 0 Å². The number of carboxylic acids is 1. The van der Waals surface area contributed by atoms with E-state index in [2.05, 4.69) is 10.6 Å². The number of hydrogen-bond acceptors (Lipinski definition) is 6. The molecule has 6 N–H and O–H groups in total. The summed E-state index contributed by atoms with van der Waals surface area (Å²) in [7, 11) is 0. The van der Waals surface area contributed by atoms with Crippen LogP contribution in [-0.2, 0) is 14.4 Å². The van der Waals surface area contributed by atoms with Crippen LogP contribution in [0.5, 0.6) is 5.75 Å². The molecule has 0 bridgehead atoms. The molecule has 0 saturated carbocycles. The van der Waals surface area contributed by atoms with Gasteiger partial charge in [0.25, 0.3) is 0 Å². The van der Waals surface area contributed by atoms with Crippen molar-refractivity contribution < 1.29 is 34.8 Å². The molecule has 1 aromatic rings. The molecule has 0 spiro atoms. The van der Waals surface area contributed by atoms with E-state index in [4.69, 9.17) is 15.3 Å². The Balaban J connectivity index is 2.85. The highest BCUT2D eigenvalue weighted by molar-refractivity contribution is 5.89. The van der Waals surface area contributed by atoms with E-state index in [9.17, 15) is 19.5 Å². The van der Waals surface area contributed by atoms with Crippen LogP contribution < -0.4 is 10.6 Å². The minimum atomic E-state index is -1.78. The fourth-order valence-electron chi connectivity index (χ4n) is 1.56. The first-order valence-electron chi connectivity index (χ1n) is 6.23. The van der Waals surface area contributed by atoms with Gasteiger partial charge < -0.3 is 31.1 Å². The summed E-state index contributed by atoms with van der Waals surface area (Å²) in [4.78, 5) is 33.8. The number of hydrogen-bond donors (Lipinski definition) is 6. The van der Waals surface area contributed by atoms with E-state index in [0.29, 0.717) is 5.56 Å². The predicted octanol–water partition coefficient (Wildman–Crippen LogP) is -1.90. The zero-order valence-electron chi connectivity index (χ0n) is 11.4. The average molecular weight is 312 g/mol.